The van der Waals surface area contributed by atoms with Gasteiger partial charge in [-0.2, -0.15) is 4.31 Å². The Morgan fingerprint density at radius 2 is 2.00 bits per heavy atom. The van der Waals surface area contributed by atoms with Crippen LogP contribution in [0.4, 0.5) is 5.69 Å². The lowest BCUT2D eigenvalue weighted by Gasteiger charge is -2.16. The molecule has 0 spiro atoms. The van der Waals surface area contributed by atoms with Crippen molar-refractivity contribution in [3.63, 3.8) is 0 Å². The third kappa shape index (κ3) is 3.52. The number of anilines is 1. The fraction of sp³-hybridized carbons (Fsp3) is 0.462. The van der Waals surface area contributed by atoms with Crippen molar-refractivity contribution in [1.29, 1.82) is 0 Å². The van der Waals surface area contributed by atoms with Crippen molar-refractivity contribution in [1.82, 2.24) is 9.62 Å². The largest absolute Gasteiger partial charge is 0.506 e. The summed E-state index contributed by atoms with van der Waals surface area (Å²) in [5, 5.41) is 14.9. The highest BCUT2D eigenvalue weighted by Crippen LogP contribution is 2.29. The van der Waals surface area contributed by atoms with Crippen LogP contribution in [-0.4, -0.2) is 50.4 Å². The Kier molecular flexibility index (Phi) is 4.81. The van der Waals surface area contributed by atoms with Gasteiger partial charge in [0, 0.05) is 13.1 Å². The number of benzene rings is 1. The van der Waals surface area contributed by atoms with Crippen LogP contribution in [0, 0.1) is 0 Å². The summed E-state index contributed by atoms with van der Waals surface area (Å²) in [6.07, 6.45) is 1.70. The van der Waals surface area contributed by atoms with E-state index in [4.69, 9.17) is 0 Å². The number of amides is 1. The highest BCUT2D eigenvalue weighted by Gasteiger charge is 2.27. The molecule has 1 aliphatic heterocycles. The number of nitrogens with one attached hydrogen (secondary N) is 2. The van der Waals surface area contributed by atoms with Gasteiger partial charge in [-0.1, -0.05) is 0 Å². The van der Waals surface area contributed by atoms with E-state index in [1.54, 1.807) is 7.05 Å². The van der Waals surface area contributed by atoms with Gasteiger partial charge in [0.1, 0.15) is 5.75 Å². The van der Waals surface area contributed by atoms with Gasteiger partial charge >= 0.3 is 0 Å². The number of hydrogen-bond acceptors (Lipinski definition) is 5. The Morgan fingerprint density at radius 1 is 1.33 bits per heavy atom. The van der Waals surface area contributed by atoms with E-state index in [9.17, 15) is 18.3 Å². The first-order valence-electron chi connectivity index (χ1n) is 6.73. The molecule has 0 unspecified atom stereocenters. The van der Waals surface area contributed by atoms with Crippen LogP contribution in [0.15, 0.2) is 23.1 Å². The quantitative estimate of drug-likeness (QED) is 0.681. The van der Waals surface area contributed by atoms with Gasteiger partial charge in [0.25, 0.3) is 0 Å². The minimum atomic E-state index is -3.57. The van der Waals surface area contributed by atoms with E-state index in [0.717, 1.165) is 12.8 Å². The third-order valence-corrected chi connectivity index (χ3v) is 5.18. The number of carbonyl (C=O) groups is 1. The Labute approximate surface area is 124 Å². The molecule has 1 aromatic carbocycles. The van der Waals surface area contributed by atoms with Crippen LogP contribution in [0.1, 0.15) is 12.8 Å². The van der Waals surface area contributed by atoms with Gasteiger partial charge in [0.2, 0.25) is 15.9 Å². The average Bonchev–Trinajstić information content (AvgIpc) is 2.96. The molecule has 1 aliphatic rings. The molecule has 116 valence electrons. The molecule has 21 heavy (non-hydrogen) atoms. The minimum absolute atomic E-state index is 0.0713. The lowest BCUT2D eigenvalue weighted by Crippen LogP contribution is -2.28. The molecule has 0 atom stereocenters. The number of likely N-dealkylation sites (N-methyl/N-ethyl adjacent to an activating group) is 1. The molecular formula is C13H19N3O4S. The average molecular weight is 313 g/mol. The lowest BCUT2D eigenvalue weighted by atomic mass is 10.3. The highest BCUT2D eigenvalue weighted by atomic mass is 32.2. The molecule has 0 radical (unpaired) electrons. The number of rotatable bonds is 5. The molecule has 8 heteroatoms. The first kappa shape index (κ1) is 15.7. The molecule has 1 heterocycles. The summed E-state index contributed by atoms with van der Waals surface area (Å²) in [7, 11) is -1.95. The summed E-state index contributed by atoms with van der Waals surface area (Å²) in [4.78, 5) is 11.6. The van der Waals surface area contributed by atoms with Crippen molar-refractivity contribution in [2.24, 2.45) is 0 Å². The zero-order valence-electron chi connectivity index (χ0n) is 11.8. The standard InChI is InChI=1S/C13H19N3O4S/c1-14-9-13(18)15-11-8-10(4-5-12(11)17)21(19,20)16-6-2-3-7-16/h4-5,8,14,17H,2-3,6-7,9H2,1H3,(H,15,18). The summed E-state index contributed by atoms with van der Waals surface area (Å²) in [6, 6.07) is 3.91. The molecule has 0 aliphatic carbocycles. The van der Waals surface area contributed by atoms with Crippen LogP contribution >= 0.6 is 0 Å². The van der Waals surface area contributed by atoms with Crippen molar-refractivity contribution < 1.29 is 18.3 Å². The van der Waals surface area contributed by atoms with Crippen LogP contribution in [0.3, 0.4) is 0 Å². The first-order chi connectivity index (χ1) is 9.95. The maximum Gasteiger partial charge on any atom is 0.243 e. The molecular weight excluding hydrogens is 294 g/mol. The van der Waals surface area contributed by atoms with Crippen molar-refractivity contribution in [2.45, 2.75) is 17.7 Å². The van der Waals surface area contributed by atoms with Crippen molar-refractivity contribution in [3.05, 3.63) is 18.2 Å². The summed E-state index contributed by atoms with van der Waals surface area (Å²) >= 11 is 0. The topological polar surface area (TPSA) is 98.7 Å². The normalized spacial score (nSPS) is 16.0. The molecule has 1 amide bonds. The van der Waals surface area contributed by atoms with Gasteiger partial charge in [-0.15, -0.1) is 0 Å². The SMILES string of the molecule is CNCC(=O)Nc1cc(S(=O)(=O)N2CCCC2)ccc1O. The van der Waals surface area contributed by atoms with Gasteiger partial charge in [0.15, 0.2) is 0 Å². The van der Waals surface area contributed by atoms with Gasteiger partial charge in [-0.3, -0.25) is 4.79 Å². The number of phenols is 1. The smallest absolute Gasteiger partial charge is 0.243 e. The lowest BCUT2D eigenvalue weighted by molar-refractivity contribution is -0.115. The number of phenolic OH excluding ortho intramolecular Hbond substituents is 1. The van der Waals surface area contributed by atoms with Crippen LogP contribution in [0.5, 0.6) is 5.75 Å². The fourth-order valence-corrected chi connectivity index (χ4v) is 3.75. The van der Waals surface area contributed by atoms with Gasteiger partial charge in [-0.25, -0.2) is 8.42 Å². The van der Waals surface area contributed by atoms with E-state index in [1.165, 1.54) is 22.5 Å². The summed E-state index contributed by atoms with van der Waals surface area (Å²) < 4.78 is 26.3. The molecule has 0 saturated carbocycles. The van der Waals surface area contributed by atoms with E-state index in [1.807, 2.05) is 0 Å². The molecule has 7 nitrogen and oxygen atoms in total. The maximum absolute atomic E-state index is 12.4. The predicted octanol–water partition coefficient (Wildman–Crippen LogP) is 0.335. The maximum atomic E-state index is 12.4. The second-order valence-corrected chi connectivity index (χ2v) is 6.81. The Hall–Kier alpha value is -1.64. The summed E-state index contributed by atoms with van der Waals surface area (Å²) in [6.45, 7) is 1.08. The van der Waals surface area contributed by atoms with Crippen LogP contribution < -0.4 is 10.6 Å². The van der Waals surface area contributed by atoms with E-state index < -0.39 is 10.0 Å². The van der Waals surface area contributed by atoms with E-state index in [0.29, 0.717) is 13.1 Å². The van der Waals surface area contributed by atoms with E-state index in [-0.39, 0.29) is 28.8 Å². The van der Waals surface area contributed by atoms with E-state index >= 15 is 0 Å². The number of carbonyl (C=O) groups excluding carboxylic acids is 1. The van der Waals surface area contributed by atoms with Crippen LogP contribution in [0.2, 0.25) is 0 Å². The zero-order valence-corrected chi connectivity index (χ0v) is 12.6. The van der Waals surface area contributed by atoms with Crippen LogP contribution in [-0.2, 0) is 14.8 Å². The predicted molar refractivity (Wildman–Crippen MR) is 78.7 cm³/mol. The molecule has 1 fully saturated rings. The second-order valence-electron chi connectivity index (χ2n) is 4.87. The van der Waals surface area contributed by atoms with E-state index in [2.05, 4.69) is 10.6 Å². The monoisotopic (exact) mass is 313 g/mol. The second kappa shape index (κ2) is 6.42. The molecule has 2 rings (SSSR count). The number of sulfonamides is 1. The van der Waals surface area contributed by atoms with Gasteiger partial charge in [-0.05, 0) is 38.1 Å². The molecule has 0 aromatic heterocycles. The van der Waals surface area contributed by atoms with Crippen molar-refractivity contribution in [3.8, 4) is 5.75 Å². The zero-order chi connectivity index (χ0) is 15.5. The van der Waals surface area contributed by atoms with Crippen molar-refractivity contribution >= 4 is 21.6 Å². The number of hydrogen-bond donors (Lipinski definition) is 3. The van der Waals surface area contributed by atoms with Gasteiger partial charge in [0.05, 0.1) is 17.1 Å². The molecule has 0 bridgehead atoms. The third-order valence-electron chi connectivity index (χ3n) is 3.28. The Bertz CT molecular complexity index is 624. The number of nitrogens with zero attached hydrogens (tertiary/aromatic N) is 1. The van der Waals surface area contributed by atoms with Crippen LogP contribution in [0.25, 0.3) is 0 Å². The summed E-state index contributed by atoms with van der Waals surface area (Å²) in [5.41, 5.74) is 0.0931. The Balaban J connectivity index is 2.27. The Morgan fingerprint density at radius 3 is 2.62 bits per heavy atom. The molecule has 1 aromatic rings. The molecule has 3 N–H and O–H groups in total. The number of aromatic hydroxyl groups is 1. The summed E-state index contributed by atoms with van der Waals surface area (Å²) in [5.74, 6) is -0.525. The highest BCUT2D eigenvalue weighted by molar-refractivity contribution is 7.89. The molecule has 1 saturated heterocycles. The first-order valence-corrected chi connectivity index (χ1v) is 8.17. The minimum Gasteiger partial charge on any atom is -0.506 e. The van der Waals surface area contributed by atoms with Crippen molar-refractivity contribution in [2.75, 3.05) is 32.0 Å². The fourth-order valence-electron chi connectivity index (χ4n) is 2.21. The van der Waals surface area contributed by atoms with Gasteiger partial charge < -0.3 is 15.7 Å².